The van der Waals surface area contributed by atoms with E-state index in [0.29, 0.717) is 33.3 Å². The van der Waals surface area contributed by atoms with Crippen molar-refractivity contribution in [1.29, 1.82) is 0 Å². The third-order valence-electron chi connectivity index (χ3n) is 4.71. The molecule has 0 aliphatic heterocycles. The lowest BCUT2D eigenvalue weighted by Gasteiger charge is -2.11. The second-order valence-corrected chi connectivity index (χ2v) is 8.22. The number of hydrogen-bond acceptors (Lipinski definition) is 6. The Labute approximate surface area is 196 Å². The average Bonchev–Trinajstić information content (AvgIpc) is 3.46. The van der Waals surface area contributed by atoms with E-state index >= 15 is 0 Å². The van der Waals surface area contributed by atoms with Gasteiger partial charge in [0.15, 0.2) is 11.0 Å². The molecule has 0 radical (unpaired) electrons. The number of benzene rings is 3. The normalized spacial score (nSPS) is 11.1. The summed E-state index contributed by atoms with van der Waals surface area (Å²) < 4.78 is 35.5. The number of halogens is 3. The molecule has 0 saturated heterocycles. The number of thioether (sulfide) groups is 1. The van der Waals surface area contributed by atoms with Gasteiger partial charge >= 0.3 is 0 Å². The van der Waals surface area contributed by atoms with E-state index in [1.165, 1.54) is 23.9 Å². The maximum atomic E-state index is 14.7. The SMILES string of the molecule is Fc1ccc(-n2c(SCc3nnc(-c4ccccc4Cl)o3)nnc2-c2ccccc2)c(F)c1. The van der Waals surface area contributed by atoms with Crippen LogP contribution in [0.15, 0.2) is 82.4 Å². The van der Waals surface area contributed by atoms with Crippen LogP contribution in [-0.2, 0) is 5.75 Å². The fraction of sp³-hybridized carbons (Fsp3) is 0.0435. The number of rotatable bonds is 6. The van der Waals surface area contributed by atoms with Gasteiger partial charge in [0, 0.05) is 11.6 Å². The zero-order chi connectivity index (χ0) is 22.8. The maximum absolute atomic E-state index is 14.7. The lowest BCUT2D eigenvalue weighted by Crippen LogP contribution is -2.03. The molecule has 0 spiro atoms. The van der Waals surface area contributed by atoms with Crippen LogP contribution >= 0.6 is 23.4 Å². The molecule has 0 N–H and O–H groups in total. The van der Waals surface area contributed by atoms with Crippen LogP contribution in [0.4, 0.5) is 8.78 Å². The maximum Gasteiger partial charge on any atom is 0.249 e. The number of nitrogens with zero attached hydrogens (tertiary/aromatic N) is 5. The Morgan fingerprint density at radius 3 is 2.45 bits per heavy atom. The Bertz CT molecular complexity index is 1420. The number of aromatic nitrogens is 5. The molecule has 33 heavy (non-hydrogen) atoms. The summed E-state index contributed by atoms with van der Waals surface area (Å²) in [7, 11) is 0. The zero-order valence-electron chi connectivity index (χ0n) is 16.8. The molecule has 164 valence electrons. The summed E-state index contributed by atoms with van der Waals surface area (Å²) in [6, 6.07) is 19.8. The number of hydrogen-bond donors (Lipinski definition) is 0. The standard InChI is InChI=1S/C23H14ClF2N5OS/c24-17-9-5-4-8-16(17)22-29-27-20(32-22)13-33-23-30-28-21(14-6-2-1-3-7-14)31(23)19-11-10-15(25)12-18(19)26/h1-12H,13H2. The van der Waals surface area contributed by atoms with Crippen LogP contribution < -0.4 is 0 Å². The third kappa shape index (κ3) is 4.37. The second kappa shape index (κ2) is 9.13. The van der Waals surface area contributed by atoms with Crippen LogP contribution in [0.1, 0.15) is 5.89 Å². The first-order valence-corrected chi connectivity index (χ1v) is 11.1. The highest BCUT2D eigenvalue weighted by atomic mass is 35.5. The van der Waals surface area contributed by atoms with Crippen molar-refractivity contribution in [2.45, 2.75) is 10.9 Å². The van der Waals surface area contributed by atoms with Gasteiger partial charge in [0.1, 0.15) is 11.6 Å². The van der Waals surface area contributed by atoms with E-state index in [4.69, 9.17) is 16.0 Å². The minimum absolute atomic E-state index is 0.130. The molecular formula is C23H14ClF2N5OS. The molecule has 6 nitrogen and oxygen atoms in total. The first-order valence-electron chi connectivity index (χ1n) is 9.76. The summed E-state index contributed by atoms with van der Waals surface area (Å²) in [6.07, 6.45) is 0. The third-order valence-corrected chi connectivity index (χ3v) is 5.96. The Kier molecular flexibility index (Phi) is 5.89. The van der Waals surface area contributed by atoms with Gasteiger partial charge in [0.2, 0.25) is 11.8 Å². The van der Waals surface area contributed by atoms with Gasteiger partial charge in [0.05, 0.1) is 22.0 Å². The quantitative estimate of drug-likeness (QED) is 0.269. The lowest BCUT2D eigenvalue weighted by molar-refractivity contribution is 0.528. The van der Waals surface area contributed by atoms with Crippen LogP contribution in [0, 0.1) is 11.6 Å². The molecular weight excluding hydrogens is 468 g/mol. The molecule has 0 atom stereocenters. The summed E-state index contributed by atoms with van der Waals surface area (Å²) in [6.45, 7) is 0. The van der Waals surface area contributed by atoms with Crippen molar-refractivity contribution in [2.75, 3.05) is 0 Å². The monoisotopic (exact) mass is 481 g/mol. The molecule has 0 aliphatic rings. The predicted molar refractivity (Wildman–Crippen MR) is 121 cm³/mol. The zero-order valence-corrected chi connectivity index (χ0v) is 18.4. The van der Waals surface area contributed by atoms with E-state index in [2.05, 4.69) is 20.4 Å². The Hall–Kier alpha value is -3.56. The summed E-state index contributed by atoms with van der Waals surface area (Å²) in [4.78, 5) is 0. The summed E-state index contributed by atoms with van der Waals surface area (Å²) >= 11 is 7.44. The molecule has 0 fully saturated rings. The van der Waals surface area contributed by atoms with Gasteiger partial charge in [-0.2, -0.15) is 0 Å². The lowest BCUT2D eigenvalue weighted by atomic mass is 10.2. The highest BCUT2D eigenvalue weighted by Gasteiger charge is 2.20. The predicted octanol–water partition coefficient (Wildman–Crippen LogP) is 6.21. The minimum atomic E-state index is -0.729. The molecule has 0 bridgehead atoms. The highest BCUT2D eigenvalue weighted by molar-refractivity contribution is 7.98. The Morgan fingerprint density at radius 1 is 0.879 bits per heavy atom. The van der Waals surface area contributed by atoms with E-state index in [0.717, 1.165) is 11.6 Å². The Balaban J connectivity index is 1.48. The molecule has 2 aromatic heterocycles. The second-order valence-electron chi connectivity index (χ2n) is 6.87. The van der Waals surface area contributed by atoms with Gasteiger partial charge in [0.25, 0.3) is 0 Å². The molecule has 0 aliphatic carbocycles. The van der Waals surface area contributed by atoms with Gasteiger partial charge in [-0.15, -0.1) is 20.4 Å². The van der Waals surface area contributed by atoms with Crippen molar-refractivity contribution in [3.05, 3.63) is 95.3 Å². The van der Waals surface area contributed by atoms with Gasteiger partial charge in [-0.1, -0.05) is 65.8 Å². The van der Waals surface area contributed by atoms with E-state index in [9.17, 15) is 8.78 Å². The van der Waals surface area contributed by atoms with Crippen LogP contribution in [-0.4, -0.2) is 25.0 Å². The molecule has 0 saturated carbocycles. The van der Waals surface area contributed by atoms with E-state index in [1.54, 1.807) is 16.7 Å². The summed E-state index contributed by atoms with van der Waals surface area (Å²) in [5, 5.41) is 17.5. The van der Waals surface area contributed by atoms with E-state index in [1.807, 2.05) is 42.5 Å². The smallest absolute Gasteiger partial charge is 0.249 e. The van der Waals surface area contributed by atoms with Crippen molar-refractivity contribution >= 4 is 23.4 Å². The van der Waals surface area contributed by atoms with Crippen LogP contribution in [0.2, 0.25) is 5.02 Å². The molecule has 5 rings (SSSR count). The minimum Gasteiger partial charge on any atom is -0.420 e. The topological polar surface area (TPSA) is 69.6 Å². The highest BCUT2D eigenvalue weighted by Crippen LogP contribution is 2.32. The molecule has 2 heterocycles. The van der Waals surface area contributed by atoms with E-state index < -0.39 is 11.6 Å². The van der Waals surface area contributed by atoms with Crippen molar-refractivity contribution in [3.63, 3.8) is 0 Å². The van der Waals surface area contributed by atoms with Crippen molar-refractivity contribution in [2.24, 2.45) is 0 Å². The first kappa shape index (κ1) is 21.3. The Morgan fingerprint density at radius 2 is 1.67 bits per heavy atom. The summed E-state index contributed by atoms with van der Waals surface area (Å²) in [5.41, 5.74) is 1.50. The van der Waals surface area contributed by atoms with Gasteiger partial charge < -0.3 is 4.42 Å². The van der Waals surface area contributed by atoms with Gasteiger partial charge in [-0.3, -0.25) is 4.57 Å². The van der Waals surface area contributed by atoms with Crippen LogP contribution in [0.25, 0.3) is 28.5 Å². The molecule has 0 amide bonds. The largest absolute Gasteiger partial charge is 0.420 e. The van der Waals surface area contributed by atoms with Crippen molar-refractivity contribution in [1.82, 2.24) is 25.0 Å². The van der Waals surface area contributed by atoms with E-state index in [-0.39, 0.29) is 11.4 Å². The molecule has 0 unspecified atom stereocenters. The van der Waals surface area contributed by atoms with Crippen LogP contribution in [0.5, 0.6) is 0 Å². The molecule has 10 heteroatoms. The summed E-state index contributed by atoms with van der Waals surface area (Å²) in [5.74, 6) is -0.0819. The van der Waals surface area contributed by atoms with Crippen molar-refractivity contribution in [3.8, 4) is 28.5 Å². The van der Waals surface area contributed by atoms with Crippen LogP contribution in [0.3, 0.4) is 0 Å². The van der Waals surface area contributed by atoms with Gasteiger partial charge in [-0.05, 0) is 24.3 Å². The molecule has 3 aromatic carbocycles. The van der Waals surface area contributed by atoms with Crippen molar-refractivity contribution < 1.29 is 13.2 Å². The average molecular weight is 482 g/mol. The first-order chi connectivity index (χ1) is 16.1. The fourth-order valence-electron chi connectivity index (χ4n) is 3.20. The molecule has 5 aromatic rings. The van der Waals surface area contributed by atoms with Gasteiger partial charge in [-0.25, -0.2) is 8.78 Å². The fourth-order valence-corrected chi connectivity index (χ4v) is 4.20.